The summed E-state index contributed by atoms with van der Waals surface area (Å²) in [6.45, 7) is 4.04. The van der Waals surface area contributed by atoms with Gasteiger partial charge in [0.15, 0.2) is 17.0 Å². The number of aliphatic carboxylic acids is 1. The minimum absolute atomic E-state index is 0.133. The van der Waals surface area contributed by atoms with Crippen molar-refractivity contribution in [3.63, 3.8) is 0 Å². The predicted molar refractivity (Wildman–Crippen MR) is 137 cm³/mol. The summed E-state index contributed by atoms with van der Waals surface area (Å²) in [5.74, 6) is -4.43. The Balaban J connectivity index is 1.52. The number of hydrogen-bond acceptors (Lipinski definition) is 7. The molecule has 9 nitrogen and oxygen atoms in total. The lowest BCUT2D eigenvalue weighted by atomic mass is 10.0. The Morgan fingerprint density at radius 2 is 1.89 bits per heavy atom. The molecule has 1 aromatic carbocycles. The number of rotatable bonds is 11. The Hall–Kier alpha value is -3.32. The maximum Gasteiger partial charge on any atom is 0.326 e. The van der Waals surface area contributed by atoms with Crippen molar-refractivity contribution in [2.45, 2.75) is 50.7 Å². The number of carboxylic acids is 1. The van der Waals surface area contributed by atoms with Gasteiger partial charge in [-0.2, -0.15) is 0 Å². The number of carboxylic acid groups (broad SMARTS) is 1. The zero-order valence-electron chi connectivity index (χ0n) is 20.9. The van der Waals surface area contributed by atoms with Crippen molar-refractivity contribution in [3.8, 4) is 0 Å². The SMILES string of the molecule is CC(C)[C@@H](Nc1ccc(CNC(=O)[C@@H]2SCCN2C(=O)C[C@H](N)Cc2cc(F)c(F)cc2F)cn1)C(=O)O. The molecule has 0 aliphatic carbocycles. The van der Waals surface area contributed by atoms with Gasteiger partial charge >= 0.3 is 5.97 Å². The number of nitrogens with two attached hydrogens (primary N) is 1. The highest BCUT2D eigenvalue weighted by Crippen LogP contribution is 2.25. The Labute approximate surface area is 222 Å². The fourth-order valence-electron chi connectivity index (χ4n) is 3.92. The van der Waals surface area contributed by atoms with Crippen LogP contribution < -0.4 is 16.4 Å². The number of nitrogens with one attached hydrogen (secondary N) is 2. The number of carbonyl (C=O) groups excluding carboxylic acids is 2. The number of carbonyl (C=O) groups is 3. The number of aromatic nitrogens is 1. The molecule has 1 aromatic heterocycles. The highest BCUT2D eigenvalue weighted by molar-refractivity contribution is 8.00. The van der Waals surface area contributed by atoms with Gasteiger partial charge in [-0.1, -0.05) is 19.9 Å². The first kappa shape index (κ1) is 29.2. The second kappa shape index (κ2) is 13.0. The fourth-order valence-corrected chi connectivity index (χ4v) is 5.09. The van der Waals surface area contributed by atoms with Crippen LogP contribution in [-0.4, -0.2) is 62.5 Å². The van der Waals surface area contributed by atoms with Crippen molar-refractivity contribution in [2.75, 3.05) is 17.6 Å². The molecule has 2 heterocycles. The van der Waals surface area contributed by atoms with E-state index in [1.165, 1.54) is 22.9 Å². The summed E-state index contributed by atoms with van der Waals surface area (Å²) in [5, 5.41) is 14.2. The monoisotopic (exact) mass is 553 g/mol. The topological polar surface area (TPSA) is 138 Å². The van der Waals surface area contributed by atoms with E-state index >= 15 is 0 Å². The summed E-state index contributed by atoms with van der Waals surface area (Å²) in [7, 11) is 0. The highest BCUT2D eigenvalue weighted by atomic mass is 32.2. The van der Waals surface area contributed by atoms with E-state index in [1.807, 2.05) is 0 Å². The first-order chi connectivity index (χ1) is 18.0. The molecule has 2 amide bonds. The molecule has 0 radical (unpaired) electrons. The second-order valence-electron chi connectivity index (χ2n) is 9.31. The van der Waals surface area contributed by atoms with Gasteiger partial charge in [-0.3, -0.25) is 9.59 Å². The third kappa shape index (κ3) is 7.60. The number of halogens is 3. The van der Waals surface area contributed by atoms with E-state index in [9.17, 15) is 32.7 Å². The summed E-state index contributed by atoms with van der Waals surface area (Å²) >= 11 is 1.29. The smallest absolute Gasteiger partial charge is 0.326 e. The van der Waals surface area contributed by atoms with E-state index in [4.69, 9.17) is 5.73 Å². The molecule has 1 fully saturated rings. The molecule has 206 valence electrons. The van der Waals surface area contributed by atoms with Crippen LogP contribution in [0.5, 0.6) is 0 Å². The van der Waals surface area contributed by atoms with Crippen LogP contribution in [0.3, 0.4) is 0 Å². The zero-order valence-corrected chi connectivity index (χ0v) is 21.7. The van der Waals surface area contributed by atoms with E-state index < -0.39 is 46.8 Å². The average molecular weight is 554 g/mol. The summed E-state index contributed by atoms with van der Waals surface area (Å²) in [6.07, 6.45) is 1.15. The Morgan fingerprint density at radius 3 is 2.53 bits per heavy atom. The fraction of sp³-hybridized carbons (Fsp3) is 0.440. The lowest BCUT2D eigenvalue weighted by Crippen LogP contribution is -2.46. The van der Waals surface area contributed by atoms with Crippen LogP contribution in [0.25, 0.3) is 0 Å². The molecule has 2 aromatic rings. The quantitative estimate of drug-likeness (QED) is 0.312. The van der Waals surface area contributed by atoms with Crippen LogP contribution >= 0.6 is 11.8 Å². The lowest BCUT2D eigenvalue weighted by Gasteiger charge is -2.24. The van der Waals surface area contributed by atoms with E-state index in [1.54, 1.807) is 26.0 Å². The van der Waals surface area contributed by atoms with E-state index in [-0.39, 0.29) is 36.8 Å². The molecule has 1 aliphatic rings. The Kier molecular flexibility index (Phi) is 9.97. The lowest BCUT2D eigenvalue weighted by molar-refractivity contribution is -0.139. The minimum atomic E-state index is -1.31. The van der Waals surface area contributed by atoms with Crippen molar-refractivity contribution in [1.82, 2.24) is 15.2 Å². The summed E-state index contributed by atoms with van der Waals surface area (Å²) in [6, 6.07) is 2.84. The molecule has 13 heteroatoms. The maximum atomic E-state index is 13.9. The van der Waals surface area contributed by atoms with Crippen LogP contribution in [0.15, 0.2) is 30.5 Å². The average Bonchev–Trinajstić information content (AvgIpc) is 3.35. The Morgan fingerprint density at radius 1 is 1.18 bits per heavy atom. The molecular formula is C25H30F3N5O4S. The van der Waals surface area contributed by atoms with Crippen LogP contribution in [0.2, 0.25) is 0 Å². The van der Waals surface area contributed by atoms with Gasteiger partial charge in [-0.25, -0.2) is 22.9 Å². The van der Waals surface area contributed by atoms with Crippen LogP contribution in [0, 0.1) is 23.4 Å². The molecule has 0 unspecified atom stereocenters. The standard InChI is InChI=1S/C25H30F3N5O4S/c1-13(2)22(25(36)37)32-20-4-3-14(11-30-20)12-31-23(35)24-33(5-6-38-24)21(34)9-16(29)7-15-8-18(27)19(28)10-17(15)26/h3-4,8,10-11,13,16,22,24H,5-7,9,12,29H2,1-2H3,(H,30,32)(H,31,35)(H,36,37)/t16-,22-,24+/m1/s1. The van der Waals surface area contributed by atoms with E-state index in [2.05, 4.69) is 15.6 Å². The summed E-state index contributed by atoms with van der Waals surface area (Å²) < 4.78 is 40.5. The van der Waals surface area contributed by atoms with Gasteiger partial charge in [0.2, 0.25) is 5.91 Å². The van der Waals surface area contributed by atoms with Crippen LogP contribution in [0.4, 0.5) is 19.0 Å². The first-order valence-corrected chi connectivity index (χ1v) is 13.0. The number of anilines is 1. The molecule has 3 rings (SSSR count). The normalized spacial score (nSPS) is 16.8. The number of pyridine rings is 1. The van der Waals surface area contributed by atoms with E-state index in [0.29, 0.717) is 29.7 Å². The maximum absolute atomic E-state index is 13.9. The van der Waals surface area contributed by atoms with Gasteiger partial charge < -0.3 is 26.4 Å². The molecule has 38 heavy (non-hydrogen) atoms. The summed E-state index contributed by atoms with van der Waals surface area (Å²) in [4.78, 5) is 42.6. The van der Waals surface area contributed by atoms with Gasteiger partial charge in [0.1, 0.15) is 17.7 Å². The third-order valence-corrected chi connectivity index (χ3v) is 7.17. The van der Waals surface area contributed by atoms with Crippen molar-refractivity contribution in [1.29, 1.82) is 0 Å². The number of thioether (sulfide) groups is 1. The van der Waals surface area contributed by atoms with Crippen LogP contribution in [0.1, 0.15) is 31.4 Å². The summed E-state index contributed by atoms with van der Waals surface area (Å²) in [5.41, 5.74) is 6.53. The predicted octanol–water partition coefficient (Wildman–Crippen LogP) is 2.50. The van der Waals surface area contributed by atoms with Crippen molar-refractivity contribution in [2.24, 2.45) is 11.7 Å². The molecule has 1 aliphatic heterocycles. The number of amides is 2. The molecule has 5 N–H and O–H groups in total. The van der Waals surface area contributed by atoms with Gasteiger partial charge in [0.05, 0.1) is 0 Å². The molecule has 0 bridgehead atoms. The van der Waals surface area contributed by atoms with Gasteiger partial charge in [-0.15, -0.1) is 11.8 Å². The largest absolute Gasteiger partial charge is 0.480 e. The second-order valence-corrected chi connectivity index (χ2v) is 10.5. The number of nitrogens with zero attached hydrogens (tertiary/aromatic N) is 2. The van der Waals surface area contributed by atoms with Crippen molar-refractivity contribution < 1.29 is 32.7 Å². The molecular weight excluding hydrogens is 523 g/mol. The zero-order chi connectivity index (χ0) is 28.0. The minimum Gasteiger partial charge on any atom is -0.480 e. The van der Waals surface area contributed by atoms with Gasteiger partial charge in [0, 0.05) is 43.6 Å². The number of hydrogen-bond donors (Lipinski definition) is 4. The Bertz CT molecular complexity index is 1170. The van der Waals surface area contributed by atoms with Crippen molar-refractivity contribution in [3.05, 3.63) is 59.0 Å². The number of benzene rings is 1. The van der Waals surface area contributed by atoms with Gasteiger partial charge in [-0.05, 0) is 35.6 Å². The molecule has 3 atom stereocenters. The van der Waals surface area contributed by atoms with E-state index in [0.717, 1.165) is 6.07 Å². The van der Waals surface area contributed by atoms with Crippen LogP contribution in [-0.2, 0) is 27.3 Å². The third-order valence-electron chi connectivity index (χ3n) is 5.97. The highest BCUT2D eigenvalue weighted by Gasteiger charge is 2.35. The molecule has 0 spiro atoms. The molecule has 1 saturated heterocycles. The first-order valence-electron chi connectivity index (χ1n) is 12.0. The molecule has 0 saturated carbocycles. The van der Waals surface area contributed by atoms with Crippen molar-refractivity contribution >= 4 is 35.4 Å². The van der Waals surface area contributed by atoms with Gasteiger partial charge in [0.25, 0.3) is 5.91 Å².